The third-order valence-corrected chi connectivity index (χ3v) is 7.25. The second-order valence-corrected chi connectivity index (χ2v) is 9.79. The molecule has 0 saturated carbocycles. The number of nitrogen functional groups attached to an aromatic ring is 1. The Bertz CT molecular complexity index is 1570. The van der Waals surface area contributed by atoms with Crippen LogP contribution in [0.4, 0.5) is 14.6 Å². The highest BCUT2D eigenvalue weighted by molar-refractivity contribution is 7.15. The number of carbonyl (C=O) groups is 1. The number of hydrogen-bond acceptors (Lipinski definition) is 8. The van der Waals surface area contributed by atoms with E-state index >= 15 is 0 Å². The maximum atomic E-state index is 13.5. The summed E-state index contributed by atoms with van der Waals surface area (Å²) >= 11 is 1.60. The van der Waals surface area contributed by atoms with Crippen molar-refractivity contribution in [1.82, 2.24) is 20.6 Å². The van der Waals surface area contributed by atoms with Gasteiger partial charge in [-0.3, -0.25) is 4.79 Å². The van der Waals surface area contributed by atoms with Crippen molar-refractivity contribution in [3.05, 3.63) is 88.3 Å². The number of halogens is 2. The molecule has 0 unspecified atom stereocenters. The van der Waals surface area contributed by atoms with Crippen LogP contribution in [-0.2, 0) is 22.6 Å². The van der Waals surface area contributed by atoms with Gasteiger partial charge < -0.3 is 21.1 Å². The first kappa shape index (κ1) is 25.4. The third kappa shape index (κ3) is 5.53. The van der Waals surface area contributed by atoms with Crippen molar-refractivity contribution in [2.75, 3.05) is 12.8 Å². The number of nitrogens with zero attached hydrogens (tertiary/aromatic N) is 3. The average Bonchev–Trinajstić information content (AvgIpc) is 3.41. The molecule has 1 amide bonds. The largest absolute Gasteiger partial charge is 0.383 e. The molecule has 4 N–H and O–H groups in total. The van der Waals surface area contributed by atoms with Gasteiger partial charge in [-0.15, -0.1) is 11.3 Å². The van der Waals surface area contributed by atoms with E-state index in [2.05, 4.69) is 25.6 Å². The fourth-order valence-corrected chi connectivity index (χ4v) is 4.99. The first-order valence-corrected chi connectivity index (χ1v) is 12.6. The summed E-state index contributed by atoms with van der Waals surface area (Å²) in [6.07, 6.45) is 3.07. The number of aromatic nitrogens is 2. The number of thiophene rings is 1. The Morgan fingerprint density at radius 3 is 2.79 bits per heavy atom. The molecule has 3 heterocycles. The molecule has 0 radical (unpaired) electrons. The van der Waals surface area contributed by atoms with Gasteiger partial charge in [-0.2, -0.15) is 0 Å². The Labute approximate surface area is 221 Å². The normalized spacial score (nSPS) is 15.2. The summed E-state index contributed by atoms with van der Waals surface area (Å²) in [6, 6.07) is 13.4. The molecule has 5 rings (SSSR count). The van der Waals surface area contributed by atoms with Crippen molar-refractivity contribution in [2.24, 2.45) is 4.99 Å². The van der Waals surface area contributed by atoms with E-state index in [-0.39, 0.29) is 18.6 Å². The molecule has 2 aromatic carbocycles. The van der Waals surface area contributed by atoms with Crippen LogP contribution in [0.5, 0.6) is 0 Å². The van der Waals surface area contributed by atoms with Crippen LogP contribution in [0.1, 0.15) is 16.9 Å². The Morgan fingerprint density at radius 2 is 1.97 bits per heavy atom. The molecule has 0 fully saturated rings. The number of ether oxygens (including phenoxy) is 1. The van der Waals surface area contributed by atoms with Gasteiger partial charge in [0, 0.05) is 41.4 Å². The molecule has 0 bridgehead atoms. The average molecular weight is 535 g/mol. The van der Waals surface area contributed by atoms with Gasteiger partial charge in [0.05, 0.1) is 23.7 Å². The number of aliphatic imine (C=N–C) groups is 1. The number of amides is 1. The van der Waals surface area contributed by atoms with Crippen molar-refractivity contribution < 1.29 is 18.3 Å². The fourth-order valence-electron chi connectivity index (χ4n) is 4.05. The van der Waals surface area contributed by atoms with Crippen LogP contribution in [0.2, 0.25) is 0 Å². The van der Waals surface area contributed by atoms with Gasteiger partial charge >= 0.3 is 0 Å². The van der Waals surface area contributed by atoms with E-state index in [1.54, 1.807) is 24.7 Å². The lowest BCUT2D eigenvalue weighted by molar-refractivity contribution is -0.118. The van der Waals surface area contributed by atoms with Crippen molar-refractivity contribution in [3.8, 4) is 10.4 Å². The predicted octanol–water partition coefficient (Wildman–Crippen LogP) is 4.33. The lowest BCUT2D eigenvalue weighted by atomic mass is 10.1. The highest BCUT2D eigenvalue weighted by atomic mass is 32.1. The van der Waals surface area contributed by atoms with Gasteiger partial charge in [-0.05, 0) is 47.5 Å². The van der Waals surface area contributed by atoms with Crippen LogP contribution in [0.25, 0.3) is 21.3 Å². The van der Waals surface area contributed by atoms with Crippen LogP contribution in [0.3, 0.4) is 0 Å². The van der Waals surface area contributed by atoms with Gasteiger partial charge in [0.25, 0.3) is 5.91 Å². The topological polar surface area (TPSA) is 115 Å². The molecule has 194 valence electrons. The number of benzene rings is 2. The predicted molar refractivity (Wildman–Crippen MR) is 143 cm³/mol. The van der Waals surface area contributed by atoms with Gasteiger partial charge in [0.15, 0.2) is 11.6 Å². The Balaban J connectivity index is 1.29. The molecule has 1 atom stereocenters. The second-order valence-electron chi connectivity index (χ2n) is 8.63. The maximum absolute atomic E-state index is 13.5. The fraction of sp³-hybridized carbons (Fsp3) is 0.185. The lowest BCUT2D eigenvalue weighted by Crippen LogP contribution is -2.32. The highest BCUT2D eigenvalue weighted by Gasteiger charge is 2.23. The summed E-state index contributed by atoms with van der Waals surface area (Å²) in [4.78, 5) is 27.8. The number of nitrogens with two attached hydrogens (primary N) is 1. The minimum atomic E-state index is -0.962. The van der Waals surface area contributed by atoms with Crippen molar-refractivity contribution in [2.45, 2.75) is 25.6 Å². The Hall–Kier alpha value is -4.22. The van der Waals surface area contributed by atoms with Crippen LogP contribution in [0, 0.1) is 11.6 Å². The number of hydrogen-bond donors (Lipinski definition) is 3. The van der Waals surface area contributed by atoms with Crippen LogP contribution in [0.15, 0.2) is 71.2 Å². The van der Waals surface area contributed by atoms with E-state index in [9.17, 15) is 13.6 Å². The molecule has 0 aliphatic carbocycles. The van der Waals surface area contributed by atoms with E-state index < -0.39 is 11.6 Å². The standard InChI is InChI=1S/C27H24F2N6O2S/c1-37-17-10-20(27(36)33-11-15-2-5-21(28)22(29)8-15)26(31-12-17)32-13-18-4-7-24(38-18)16-3-6-23-19(9-16)25(30)35-14-34-23/h2-9,12,14,17,32H,10-11,13H2,1H3,(H,33,36)(H2,30,34,35)/t17-/m1/s1. The van der Waals surface area contributed by atoms with Crippen molar-refractivity contribution in [1.29, 1.82) is 0 Å². The molecule has 8 nitrogen and oxygen atoms in total. The lowest BCUT2D eigenvalue weighted by Gasteiger charge is -2.21. The van der Waals surface area contributed by atoms with E-state index in [4.69, 9.17) is 10.5 Å². The van der Waals surface area contributed by atoms with E-state index in [0.717, 1.165) is 38.4 Å². The number of carbonyl (C=O) groups excluding carboxylic acids is 1. The van der Waals surface area contributed by atoms with Gasteiger partial charge in [0.2, 0.25) is 0 Å². The van der Waals surface area contributed by atoms with Gasteiger partial charge in [-0.25, -0.2) is 23.7 Å². The number of fused-ring (bicyclic) bond motifs is 1. The molecule has 1 aliphatic heterocycles. The molecule has 0 spiro atoms. The molecule has 38 heavy (non-hydrogen) atoms. The highest BCUT2D eigenvalue weighted by Crippen LogP contribution is 2.31. The number of anilines is 1. The molecule has 11 heteroatoms. The smallest absolute Gasteiger partial charge is 0.251 e. The SMILES string of the molecule is CO[C@H]1C=NC(NCc2ccc(-c3ccc4ncnc(N)c4c3)s2)=C(C(=O)NCc2ccc(F)c(F)c2)C1. The van der Waals surface area contributed by atoms with Gasteiger partial charge in [-0.1, -0.05) is 12.1 Å². The summed E-state index contributed by atoms with van der Waals surface area (Å²) < 4.78 is 32.1. The van der Waals surface area contributed by atoms with E-state index in [0.29, 0.717) is 35.7 Å². The minimum Gasteiger partial charge on any atom is -0.383 e. The molecule has 4 aromatic rings. The number of rotatable bonds is 8. The Kier molecular flexibility index (Phi) is 7.38. The second kappa shape index (κ2) is 11.0. The first-order chi connectivity index (χ1) is 18.4. The number of nitrogens with one attached hydrogen (secondary N) is 2. The van der Waals surface area contributed by atoms with Crippen LogP contribution >= 0.6 is 11.3 Å². The zero-order valence-electron chi connectivity index (χ0n) is 20.4. The maximum Gasteiger partial charge on any atom is 0.251 e. The summed E-state index contributed by atoms with van der Waals surface area (Å²) in [6.45, 7) is 0.498. The summed E-state index contributed by atoms with van der Waals surface area (Å²) in [5.41, 5.74) is 8.67. The summed E-state index contributed by atoms with van der Waals surface area (Å²) in [5, 5.41) is 6.82. The van der Waals surface area contributed by atoms with Gasteiger partial charge in [0.1, 0.15) is 18.0 Å². The van der Waals surface area contributed by atoms with E-state index in [1.807, 2.05) is 30.3 Å². The summed E-state index contributed by atoms with van der Waals surface area (Å²) in [5.74, 6) is -1.39. The number of methoxy groups -OCH3 is 1. The molecule has 1 aliphatic rings. The molecular weight excluding hydrogens is 510 g/mol. The Morgan fingerprint density at radius 1 is 1.11 bits per heavy atom. The molecular formula is C27H24F2N6O2S. The minimum absolute atomic E-state index is 0.0454. The first-order valence-electron chi connectivity index (χ1n) is 11.8. The van der Waals surface area contributed by atoms with Crippen LogP contribution in [-0.4, -0.2) is 35.3 Å². The van der Waals surface area contributed by atoms with Crippen molar-refractivity contribution in [3.63, 3.8) is 0 Å². The molecule has 2 aromatic heterocycles. The summed E-state index contributed by atoms with van der Waals surface area (Å²) in [7, 11) is 1.55. The van der Waals surface area contributed by atoms with E-state index in [1.165, 1.54) is 12.4 Å². The third-order valence-electron chi connectivity index (χ3n) is 6.12. The van der Waals surface area contributed by atoms with Crippen molar-refractivity contribution >= 4 is 40.2 Å². The zero-order valence-corrected chi connectivity index (χ0v) is 21.2. The van der Waals surface area contributed by atoms with Crippen LogP contribution < -0.4 is 16.4 Å². The monoisotopic (exact) mass is 534 g/mol. The zero-order chi connectivity index (χ0) is 26.6. The quantitative estimate of drug-likeness (QED) is 0.310. The molecule has 0 saturated heterocycles.